The quantitative estimate of drug-likeness (QED) is 0.488. The molecule has 0 aliphatic heterocycles. The molecule has 13 heavy (non-hydrogen) atoms. The van der Waals surface area contributed by atoms with E-state index in [-0.39, 0.29) is 6.07 Å². The molecule has 0 unspecified atom stereocenters. The van der Waals surface area contributed by atoms with Crippen molar-refractivity contribution in [1.29, 1.82) is 0 Å². The number of halogens is 4. The molecule has 0 aliphatic carbocycles. The van der Waals surface area contributed by atoms with Crippen molar-refractivity contribution >= 4 is 5.69 Å². The molecule has 0 aromatic heterocycles. The maximum Gasteiger partial charge on any atom is 0.185 e. The largest absolute Gasteiger partial charge is 0.373 e. The molecule has 0 aliphatic rings. The molecule has 0 atom stereocenters. The predicted octanol–water partition coefficient (Wildman–Crippen LogP) is 2.31. The zero-order valence-electron chi connectivity index (χ0n) is 7.04. The lowest BCUT2D eigenvalue weighted by atomic mass is 10.2. The van der Waals surface area contributed by atoms with Gasteiger partial charge in [-0.1, -0.05) is 0 Å². The second-order valence-corrected chi connectivity index (χ2v) is 2.71. The fourth-order valence-corrected chi connectivity index (χ4v) is 0.953. The van der Waals surface area contributed by atoms with Gasteiger partial charge in [-0.3, -0.25) is 0 Å². The Morgan fingerprint density at radius 2 is 1.31 bits per heavy atom. The normalized spacial score (nSPS) is 10.3. The predicted molar refractivity (Wildman–Crippen MR) is 40.6 cm³/mol. The summed E-state index contributed by atoms with van der Waals surface area (Å²) in [5.74, 6) is -5.57. The smallest absolute Gasteiger partial charge is 0.185 e. The highest BCUT2D eigenvalue weighted by Crippen LogP contribution is 2.25. The third-order valence-corrected chi connectivity index (χ3v) is 1.54. The van der Waals surface area contributed by atoms with E-state index in [9.17, 15) is 17.6 Å². The first-order valence-corrected chi connectivity index (χ1v) is 3.45. The Morgan fingerprint density at radius 1 is 0.923 bits per heavy atom. The van der Waals surface area contributed by atoms with Crippen LogP contribution in [-0.2, 0) is 0 Å². The minimum Gasteiger partial charge on any atom is -0.373 e. The van der Waals surface area contributed by atoms with Crippen LogP contribution < -0.4 is 4.90 Å². The van der Waals surface area contributed by atoms with Gasteiger partial charge in [-0.15, -0.1) is 0 Å². The van der Waals surface area contributed by atoms with Gasteiger partial charge in [0.25, 0.3) is 0 Å². The van der Waals surface area contributed by atoms with E-state index in [2.05, 4.69) is 0 Å². The fourth-order valence-electron chi connectivity index (χ4n) is 0.953. The Balaban J connectivity index is 3.46. The van der Waals surface area contributed by atoms with E-state index < -0.39 is 29.0 Å². The van der Waals surface area contributed by atoms with Crippen molar-refractivity contribution in [3.63, 3.8) is 0 Å². The average Bonchev–Trinajstić information content (AvgIpc) is 2.01. The molecular formula is C8H7F4N. The summed E-state index contributed by atoms with van der Waals surface area (Å²) in [5.41, 5.74) is -0.711. The standard InChI is InChI=1S/C8H7F4N/c1-13(2)8-6(11)4(9)3-5(10)7(8)12/h3H,1-2H3. The van der Waals surface area contributed by atoms with Gasteiger partial charge in [-0.2, -0.15) is 0 Å². The zero-order valence-corrected chi connectivity index (χ0v) is 7.04. The third-order valence-electron chi connectivity index (χ3n) is 1.54. The Bertz CT molecular complexity index is 309. The van der Waals surface area contributed by atoms with Crippen molar-refractivity contribution in [1.82, 2.24) is 0 Å². The topological polar surface area (TPSA) is 3.24 Å². The molecule has 0 bridgehead atoms. The summed E-state index contributed by atoms with van der Waals surface area (Å²) in [6.07, 6.45) is 0. The third kappa shape index (κ3) is 1.59. The van der Waals surface area contributed by atoms with Gasteiger partial charge in [0.2, 0.25) is 0 Å². The molecule has 0 amide bonds. The number of nitrogens with zero attached hydrogens (tertiary/aromatic N) is 1. The lowest BCUT2D eigenvalue weighted by molar-refractivity contribution is 0.455. The van der Waals surface area contributed by atoms with Crippen LogP contribution in [0, 0.1) is 23.3 Å². The van der Waals surface area contributed by atoms with E-state index in [1.165, 1.54) is 14.1 Å². The van der Waals surface area contributed by atoms with Crippen LogP contribution in [0.5, 0.6) is 0 Å². The maximum atomic E-state index is 12.9. The molecule has 5 heteroatoms. The monoisotopic (exact) mass is 193 g/mol. The lowest BCUT2D eigenvalue weighted by Gasteiger charge is -2.14. The summed E-state index contributed by atoms with van der Waals surface area (Å²) in [4.78, 5) is 0.969. The lowest BCUT2D eigenvalue weighted by Crippen LogP contribution is -2.15. The highest BCUT2D eigenvalue weighted by atomic mass is 19.2. The van der Waals surface area contributed by atoms with Gasteiger partial charge in [0.15, 0.2) is 23.3 Å². The summed E-state index contributed by atoms with van der Waals surface area (Å²) < 4.78 is 50.9. The van der Waals surface area contributed by atoms with Gasteiger partial charge >= 0.3 is 0 Å². The van der Waals surface area contributed by atoms with Crippen LogP contribution >= 0.6 is 0 Å². The molecule has 1 aromatic carbocycles. The van der Waals surface area contributed by atoms with Crippen molar-refractivity contribution in [3.8, 4) is 0 Å². The minimum atomic E-state index is -1.40. The molecule has 0 heterocycles. The number of hydrogen-bond acceptors (Lipinski definition) is 1. The van der Waals surface area contributed by atoms with Crippen LogP contribution in [0.1, 0.15) is 0 Å². The van der Waals surface area contributed by atoms with Gasteiger partial charge in [-0.05, 0) is 0 Å². The number of anilines is 1. The fraction of sp³-hybridized carbons (Fsp3) is 0.250. The summed E-state index contributed by atoms with van der Waals surface area (Å²) >= 11 is 0. The maximum absolute atomic E-state index is 12.9. The molecule has 1 rings (SSSR count). The van der Waals surface area contributed by atoms with E-state index in [1.54, 1.807) is 0 Å². The molecule has 1 nitrogen and oxygen atoms in total. The number of rotatable bonds is 1. The molecule has 0 radical (unpaired) electrons. The van der Waals surface area contributed by atoms with E-state index in [1.807, 2.05) is 0 Å². The summed E-state index contributed by atoms with van der Waals surface area (Å²) in [6, 6.07) is 0.178. The van der Waals surface area contributed by atoms with E-state index >= 15 is 0 Å². The van der Waals surface area contributed by atoms with Crippen molar-refractivity contribution in [2.75, 3.05) is 19.0 Å². The van der Waals surface area contributed by atoms with Crippen molar-refractivity contribution in [2.45, 2.75) is 0 Å². The van der Waals surface area contributed by atoms with Gasteiger partial charge in [-0.25, -0.2) is 17.6 Å². The molecule has 0 saturated heterocycles. The van der Waals surface area contributed by atoms with Gasteiger partial charge in [0.1, 0.15) is 5.69 Å². The minimum absolute atomic E-state index is 0.178. The van der Waals surface area contributed by atoms with E-state index in [0.29, 0.717) is 0 Å². The summed E-state index contributed by atoms with van der Waals surface area (Å²) in [5, 5.41) is 0. The molecule has 0 fully saturated rings. The number of hydrogen-bond donors (Lipinski definition) is 0. The first kappa shape index (κ1) is 9.83. The summed E-state index contributed by atoms with van der Waals surface area (Å²) in [7, 11) is 2.58. The Morgan fingerprint density at radius 3 is 1.62 bits per heavy atom. The molecule has 0 N–H and O–H groups in total. The highest BCUT2D eigenvalue weighted by Gasteiger charge is 2.19. The zero-order chi connectivity index (χ0) is 10.2. The van der Waals surface area contributed by atoms with Crippen molar-refractivity contribution < 1.29 is 17.6 Å². The first-order valence-electron chi connectivity index (χ1n) is 3.45. The molecule has 0 saturated carbocycles. The second-order valence-electron chi connectivity index (χ2n) is 2.71. The van der Waals surface area contributed by atoms with Gasteiger partial charge in [0, 0.05) is 20.2 Å². The van der Waals surface area contributed by atoms with Crippen molar-refractivity contribution in [3.05, 3.63) is 29.3 Å². The number of benzene rings is 1. The molecule has 1 aromatic rings. The summed E-state index contributed by atoms with van der Waals surface area (Å²) in [6.45, 7) is 0. The van der Waals surface area contributed by atoms with Crippen LogP contribution in [0.3, 0.4) is 0 Å². The molecular weight excluding hydrogens is 186 g/mol. The average molecular weight is 193 g/mol. The van der Waals surface area contributed by atoms with Crippen LogP contribution in [0.15, 0.2) is 6.07 Å². The Hall–Kier alpha value is -1.26. The molecule has 0 spiro atoms. The van der Waals surface area contributed by atoms with Crippen LogP contribution in [0.25, 0.3) is 0 Å². The first-order chi connectivity index (χ1) is 5.95. The highest BCUT2D eigenvalue weighted by molar-refractivity contribution is 5.48. The van der Waals surface area contributed by atoms with Crippen molar-refractivity contribution in [2.24, 2.45) is 0 Å². The Kier molecular flexibility index (Phi) is 2.45. The van der Waals surface area contributed by atoms with Crippen LogP contribution in [0.4, 0.5) is 23.2 Å². The molecule has 72 valence electrons. The second kappa shape index (κ2) is 3.24. The van der Waals surface area contributed by atoms with Crippen LogP contribution in [-0.4, -0.2) is 14.1 Å². The van der Waals surface area contributed by atoms with E-state index in [4.69, 9.17) is 0 Å². The Labute approximate surface area is 72.6 Å². The van der Waals surface area contributed by atoms with Gasteiger partial charge < -0.3 is 4.90 Å². The van der Waals surface area contributed by atoms with Gasteiger partial charge in [0.05, 0.1) is 0 Å². The SMILES string of the molecule is CN(C)c1c(F)c(F)cc(F)c1F. The van der Waals surface area contributed by atoms with E-state index in [0.717, 1.165) is 4.90 Å². The van der Waals surface area contributed by atoms with Crippen LogP contribution in [0.2, 0.25) is 0 Å².